The number of carbonyl (C=O) groups is 3. The summed E-state index contributed by atoms with van der Waals surface area (Å²) in [6, 6.07) is 16.4. The molecule has 6 rings (SSSR count). The summed E-state index contributed by atoms with van der Waals surface area (Å²) in [5.41, 5.74) is 3.41. The van der Waals surface area contributed by atoms with Crippen molar-refractivity contribution in [2.45, 2.75) is 32.4 Å². The van der Waals surface area contributed by atoms with Gasteiger partial charge in [0.05, 0.1) is 23.8 Å². The molecular formula is C33H28ClFN6O3. The summed E-state index contributed by atoms with van der Waals surface area (Å²) in [6.45, 7) is 1.81. The number of amides is 2. The van der Waals surface area contributed by atoms with Crippen molar-refractivity contribution in [1.82, 2.24) is 19.4 Å². The molecule has 222 valence electrons. The van der Waals surface area contributed by atoms with Crippen molar-refractivity contribution >= 4 is 57.2 Å². The molecule has 9 nitrogen and oxygen atoms in total. The number of fused-ring (bicyclic) bond motifs is 1. The van der Waals surface area contributed by atoms with Gasteiger partial charge in [0.2, 0.25) is 11.8 Å². The Balaban J connectivity index is 1.21. The highest BCUT2D eigenvalue weighted by Gasteiger charge is 2.35. The molecule has 44 heavy (non-hydrogen) atoms. The fraction of sp³-hybridized carbons (Fsp3) is 0.182. The molecule has 5 aromatic rings. The first-order valence-corrected chi connectivity index (χ1v) is 14.5. The van der Waals surface area contributed by atoms with E-state index in [0.717, 1.165) is 5.69 Å². The number of aromatic nitrogens is 3. The number of anilines is 3. The number of hydrogen-bond acceptors (Lipinski definition) is 6. The SMILES string of the molecule is CC(=O)c1cn(CC(=O)N2CCC[C@H]2C(=O)Nc2cccc(-c3ccccc3Cl)c2F)c2ccc(Nc3cncnc3)cc12. The first-order chi connectivity index (χ1) is 21.3. The second-order valence-electron chi connectivity index (χ2n) is 10.6. The normalized spacial score (nSPS) is 14.5. The van der Waals surface area contributed by atoms with Gasteiger partial charge in [0.15, 0.2) is 11.6 Å². The maximum absolute atomic E-state index is 15.5. The maximum atomic E-state index is 15.5. The van der Waals surface area contributed by atoms with Crippen LogP contribution in [0.2, 0.25) is 5.02 Å². The molecule has 2 amide bonds. The molecule has 11 heteroatoms. The third-order valence-corrected chi connectivity index (χ3v) is 8.04. The van der Waals surface area contributed by atoms with Gasteiger partial charge in [0.1, 0.15) is 18.9 Å². The van der Waals surface area contributed by atoms with Crippen LogP contribution in [0, 0.1) is 5.82 Å². The predicted octanol–water partition coefficient (Wildman–Crippen LogP) is 6.47. The van der Waals surface area contributed by atoms with Gasteiger partial charge in [0, 0.05) is 51.0 Å². The van der Waals surface area contributed by atoms with E-state index in [1.54, 1.807) is 59.6 Å². The Morgan fingerprint density at radius 2 is 1.77 bits per heavy atom. The molecule has 3 aromatic carbocycles. The van der Waals surface area contributed by atoms with Crippen molar-refractivity contribution in [3.05, 3.63) is 102 Å². The molecule has 1 atom stereocenters. The van der Waals surface area contributed by atoms with Gasteiger partial charge in [-0.1, -0.05) is 41.9 Å². The van der Waals surface area contributed by atoms with Crippen LogP contribution in [0.5, 0.6) is 0 Å². The molecule has 3 heterocycles. The van der Waals surface area contributed by atoms with Gasteiger partial charge in [-0.05, 0) is 50.1 Å². The summed E-state index contributed by atoms with van der Waals surface area (Å²) in [5, 5.41) is 6.99. The molecular weight excluding hydrogens is 583 g/mol. The summed E-state index contributed by atoms with van der Waals surface area (Å²) in [6.07, 6.45) is 7.47. The zero-order valence-corrected chi connectivity index (χ0v) is 24.5. The van der Waals surface area contributed by atoms with Gasteiger partial charge >= 0.3 is 0 Å². The molecule has 0 radical (unpaired) electrons. The number of nitrogens with one attached hydrogen (secondary N) is 2. The smallest absolute Gasteiger partial charge is 0.247 e. The van der Waals surface area contributed by atoms with E-state index in [1.165, 1.54) is 24.2 Å². The summed E-state index contributed by atoms with van der Waals surface area (Å²) in [7, 11) is 0. The minimum atomic E-state index is -0.760. The third kappa shape index (κ3) is 5.76. The monoisotopic (exact) mass is 610 g/mol. The Morgan fingerprint density at radius 1 is 1.00 bits per heavy atom. The summed E-state index contributed by atoms with van der Waals surface area (Å²) in [5.74, 6) is -1.48. The van der Waals surface area contributed by atoms with Crippen molar-refractivity contribution < 1.29 is 18.8 Å². The van der Waals surface area contributed by atoms with E-state index in [-0.39, 0.29) is 29.5 Å². The molecule has 0 unspecified atom stereocenters. The number of likely N-dealkylation sites (tertiary alicyclic amines) is 1. The number of rotatable bonds is 8. The summed E-state index contributed by atoms with van der Waals surface area (Å²) in [4.78, 5) is 49.0. The van der Waals surface area contributed by atoms with Crippen LogP contribution in [-0.4, -0.2) is 49.6 Å². The highest BCUT2D eigenvalue weighted by atomic mass is 35.5. The van der Waals surface area contributed by atoms with E-state index >= 15 is 4.39 Å². The molecule has 1 fully saturated rings. The first kappa shape index (κ1) is 29.0. The second kappa shape index (κ2) is 12.3. The molecule has 2 aromatic heterocycles. The average molecular weight is 611 g/mol. The zero-order valence-electron chi connectivity index (χ0n) is 23.8. The minimum Gasteiger partial charge on any atom is -0.353 e. The number of nitrogens with zero attached hydrogens (tertiary/aromatic N) is 4. The Morgan fingerprint density at radius 3 is 2.55 bits per heavy atom. The van der Waals surface area contributed by atoms with Crippen LogP contribution in [0.15, 0.2) is 85.6 Å². The highest BCUT2D eigenvalue weighted by Crippen LogP contribution is 2.33. The van der Waals surface area contributed by atoms with Crippen LogP contribution in [0.4, 0.5) is 21.5 Å². The topological polar surface area (TPSA) is 109 Å². The minimum absolute atomic E-state index is 0.0145. The number of hydrogen-bond donors (Lipinski definition) is 2. The maximum Gasteiger partial charge on any atom is 0.247 e. The number of halogens is 2. The lowest BCUT2D eigenvalue weighted by atomic mass is 10.0. The Bertz CT molecular complexity index is 1890. The lowest BCUT2D eigenvalue weighted by Gasteiger charge is -2.24. The first-order valence-electron chi connectivity index (χ1n) is 14.1. The van der Waals surface area contributed by atoms with Crippen LogP contribution in [0.3, 0.4) is 0 Å². The number of carbonyl (C=O) groups excluding carboxylic acids is 3. The molecule has 1 saturated heterocycles. The Hall–Kier alpha value is -5.09. The molecule has 1 aliphatic heterocycles. The summed E-state index contributed by atoms with van der Waals surface area (Å²) >= 11 is 6.28. The van der Waals surface area contributed by atoms with Crippen molar-refractivity contribution in [2.75, 3.05) is 17.2 Å². The van der Waals surface area contributed by atoms with E-state index in [9.17, 15) is 14.4 Å². The predicted molar refractivity (Wildman–Crippen MR) is 167 cm³/mol. The van der Waals surface area contributed by atoms with Crippen molar-refractivity contribution in [3.63, 3.8) is 0 Å². The summed E-state index contributed by atoms with van der Waals surface area (Å²) < 4.78 is 17.2. The quantitative estimate of drug-likeness (QED) is 0.195. The molecule has 0 bridgehead atoms. The van der Waals surface area contributed by atoms with Gasteiger partial charge in [-0.3, -0.25) is 14.4 Å². The molecule has 0 spiro atoms. The average Bonchev–Trinajstić information content (AvgIpc) is 3.65. The van der Waals surface area contributed by atoms with Crippen LogP contribution in [-0.2, 0) is 16.1 Å². The third-order valence-electron chi connectivity index (χ3n) is 7.71. The number of Topliss-reactive ketones (excluding diaryl/α,β-unsaturated/α-hetero) is 1. The molecule has 0 aliphatic carbocycles. The van der Waals surface area contributed by atoms with E-state index in [4.69, 9.17) is 11.6 Å². The molecule has 2 N–H and O–H groups in total. The van der Waals surface area contributed by atoms with Gasteiger partial charge in [0.25, 0.3) is 0 Å². The van der Waals surface area contributed by atoms with Crippen LogP contribution in [0.25, 0.3) is 22.0 Å². The van der Waals surface area contributed by atoms with Gasteiger partial charge in [-0.2, -0.15) is 0 Å². The lowest BCUT2D eigenvalue weighted by Crippen LogP contribution is -2.44. The fourth-order valence-electron chi connectivity index (χ4n) is 5.62. The van der Waals surface area contributed by atoms with Crippen molar-refractivity contribution in [2.24, 2.45) is 0 Å². The van der Waals surface area contributed by atoms with Gasteiger partial charge in [-0.15, -0.1) is 0 Å². The van der Waals surface area contributed by atoms with Gasteiger partial charge < -0.3 is 20.1 Å². The lowest BCUT2D eigenvalue weighted by molar-refractivity contribution is -0.137. The molecule has 0 saturated carbocycles. The zero-order chi connectivity index (χ0) is 30.8. The highest BCUT2D eigenvalue weighted by molar-refractivity contribution is 6.33. The van der Waals surface area contributed by atoms with Crippen LogP contribution in [0.1, 0.15) is 30.1 Å². The van der Waals surface area contributed by atoms with E-state index in [2.05, 4.69) is 20.6 Å². The van der Waals surface area contributed by atoms with Crippen LogP contribution < -0.4 is 10.6 Å². The van der Waals surface area contributed by atoms with Crippen molar-refractivity contribution in [1.29, 1.82) is 0 Å². The van der Waals surface area contributed by atoms with E-state index in [1.807, 2.05) is 18.2 Å². The van der Waals surface area contributed by atoms with E-state index < -0.39 is 17.8 Å². The Kier molecular flexibility index (Phi) is 8.08. The van der Waals surface area contributed by atoms with E-state index in [0.29, 0.717) is 52.1 Å². The fourth-order valence-corrected chi connectivity index (χ4v) is 5.86. The van der Waals surface area contributed by atoms with Gasteiger partial charge in [-0.25, -0.2) is 14.4 Å². The van der Waals surface area contributed by atoms with Crippen LogP contribution >= 0.6 is 11.6 Å². The largest absolute Gasteiger partial charge is 0.353 e. The number of benzene rings is 3. The second-order valence-corrected chi connectivity index (χ2v) is 11.0. The standard InChI is InChI=1S/C33H28ClFN6O3/c1-20(42)26-17-40(29-12-11-21(14-25(26)29)38-22-15-36-19-37-16-22)18-31(43)41-13-5-10-30(41)33(44)39-28-9-4-7-24(32(28)35)23-6-2-3-8-27(23)34/h2-4,6-9,11-12,14-17,19,30,38H,5,10,13,18H2,1H3,(H,39,44)/t30-/m0/s1. The van der Waals surface area contributed by atoms with Crippen molar-refractivity contribution in [3.8, 4) is 11.1 Å². The Labute approximate surface area is 257 Å². The molecule has 1 aliphatic rings. The number of ketones is 1.